The van der Waals surface area contributed by atoms with Gasteiger partial charge >= 0.3 is 0 Å². The van der Waals surface area contributed by atoms with Crippen molar-refractivity contribution in [1.82, 2.24) is 0 Å². The van der Waals surface area contributed by atoms with Gasteiger partial charge in [0.2, 0.25) is 5.91 Å². The molecule has 0 aliphatic heterocycles. The zero-order chi connectivity index (χ0) is 13.2. The van der Waals surface area contributed by atoms with Crippen LogP contribution in [0, 0.1) is 0 Å². The summed E-state index contributed by atoms with van der Waals surface area (Å²) in [6.07, 6.45) is 4.21. The number of rotatable bonds is 2. The van der Waals surface area contributed by atoms with Crippen LogP contribution in [-0.4, -0.2) is 5.91 Å². The standard InChI is InChI=1S/C17H15NO/c1-2-5-17(19)18-14-8-9-16-13(11-14)10-12-6-3-4-7-15(12)16/h2-9,11H,10H2,1H3,(H,18,19)/b5-2+. The molecule has 94 valence electrons. The Morgan fingerprint density at radius 1 is 1.11 bits per heavy atom. The molecule has 0 heterocycles. The van der Waals surface area contributed by atoms with E-state index >= 15 is 0 Å². The summed E-state index contributed by atoms with van der Waals surface area (Å²) in [5.41, 5.74) is 6.08. The SMILES string of the molecule is C/C=C/C(=O)Nc1ccc2c(c1)Cc1ccccc1-2. The van der Waals surface area contributed by atoms with Gasteiger partial charge in [0.1, 0.15) is 0 Å². The van der Waals surface area contributed by atoms with E-state index < -0.39 is 0 Å². The molecule has 0 aromatic heterocycles. The van der Waals surface area contributed by atoms with Crippen LogP contribution in [0.3, 0.4) is 0 Å². The summed E-state index contributed by atoms with van der Waals surface area (Å²) >= 11 is 0. The molecule has 19 heavy (non-hydrogen) atoms. The maximum absolute atomic E-state index is 11.5. The molecule has 0 bridgehead atoms. The Bertz CT molecular complexity index is 671. The third kappa shape index (κ3) is 2.17. The van der Waals surface area contributed by atoms with Gasteiger partial charge in [-0.3, -0.25) is 4.79 Å². The van der Waals surface area contributed by atoms with Crippen LogP contribution >= 0.6 is 0 Å². The Morgan fingerprint density at radius 2 is 1.89 bits per heavy atom. The van der Waals surface area contributed by atoms with Gasteiger partial charge in [-0.05, 0) is 53.8 Å². The second kappa shape index (κ2) is 4.73. The molecule has 2 heteroatoms. The molecular formula is C17H15NO. The number of amides is 1. The second-order valence-corrected chi connectivity index (χ2v) is 4.70. The highest BCUT2D eigenvalue weighted by molar-refractivity contribution is 5.99. The normalized spacial score (nSPS) is 12.3. The molecule has 1 aliphatic carbocycles. The fraction of sp³-hybridized carbons (Fsp3) is 0.118. The van der Waals surface area contributed by atoms with Crippen molar-refractivity contribution < 1.29 is 4.79 Å². The summed E-state index contributed by atoms with van der Waals surface area (Å²) in [6.45, 7) is 1.83. The van der Waals surface area contributed by atoms with Gasteiger partial charge in [0.05, 0.1) is 0 Å². The fourth-order valence-electron chi connectivity index (χ4n) is 2.56. The predicted molar refractivity (Wildman–Crippen MR) is 78.1 cm³/mol. The Balaban J connectivity index is 1.91. The van der Waals surface area contributed by atoms with Crippen LogP contribution in [0.2, 0.25) is 0 Å². The first kappa shape index (κ1) is 11.7. The van der Waals surface area contributed by atoms with Crippen molar-refractivity contribution in [2.45, 2.75) is 13.3 Å². The summed E-state index contributed by atoms with van der Waals surface area (Å²) in [7, 11) is 0. The zero-order valence-corrected chi connectivity index (χ0v) is 10.8. The fourth-order valence-corrected chi connectivity index (χ4v) is 2.56. The molecule has 1 aliphatic rings. The van der Waals surface area contributed by atoms with Crippen molar-refractivity contribution in [2.24, 2.45) is 0 Å². The topological polar surface area (TPSA) is 29.1 Å². The molecule has 0 saturated heterocycles. The smallest absolute Gasteiger partial charge is 0.248 e. The van der Waals surface area contributed by atoms with E-state index in [0.29, 0.717) is 0 Å². The number of benzene rings is 2. The first-order valence-electron chi connectivity index (χ1n) is 6.43. The Hall–Kier alpha value is -2.35. The molecule has 0 atom stereocenters. The lowest BCUT2D eigenvalue weighted by atomic mass is 10.1. The summed E-state index contributed by atoms with van der Waals surface area (Å²) in [6, 6.07) is 14.6. The quantitative estimate of drug-likeness (QED) is 0.688. The minimum absolute atomic E-state index is 0.0852. The first-order chi connectivity index (χ1) is 9.28. The molecule has 3 rings (SSSR count). The number of fused-ring (bicyclic) bond motifs is 3. The van der Waals surface area contributed by atoms with E-state index in [1.165, 1.54) is 28.3 Å². The molecule has 0 saturated carbocycles. The van der Waals surface area contributed by atoms with Crippen LogP contribution in [0.25, 0.3) is 11.1 Å². The van der Waals surface area contributed by atoms with Crippen molar-refractivity contribution in [3.63, 3.8) is 0 Å². The largest absolute Gasteiger partial charge is 0.323 e. The maximum Gasteiger partial charge on any atom is 0.248 e. The lowest BCUT2D eigenvalue weighted by molar-refractivity contribution is -0.111. The number of nitrogens with one attached hydrogen (secondary N) is 1. The predicted octanol–water partition coefficient (Wildman–Crippen LogP) is 3.77. The Morgan fingerprint density at radius 3 is 2.74 bits per heavy atom. The molecule has 2 nitrogen and oxygen atoms in total. The number of hydrogen-bond acceptors (Lipinski definition) is 1. The molecule has 0 spiro atoms. The maximum atomic E-state index is 11.5. The average Bonchev–Trinajstić information content (AvgIpc) is 2.76. The van der Waals surface area contributed by atoms with Gasteiger partial charge < -0.3 is 5.32 Å². The van der Waals surface area contributed by atoms with Crippen LogP contribution in [0.1, 0.15) is 18.1 Å². The molecule has 0 radical (unpaired) electrons. The number of carbonyl (C=O) groups excluding carboxylic acids is 1. The van der Waals surface area contributed by atoms with Crippen molar-refractivity contribution >= 4 is 11.6 Å². The Labute approximate surface area is 112 Å². The van der Waals surface area contributed by atoms with E-state index in [1.807, 2.05) is 13.0 Å². The van der Waals surface area contributed by atoms with Crippen molar-refractivity contribution in [3.8, 4) is 11.1 Å². The van der Waals surface area contributed by atoms with E-state index in [2.05, 4.69) is 41.7 Å². The van der Waals surface area contributed by atoms with E-state index in [9.17, 15) is 4.79 Å². The summed E-state index contributed by atoms with van der Waals surface area (Å²) in [5, 5.41) is 2.87. The second-order valence-electron chi connectivity index (χ2n) is 4.70. The monoisotopic (exact) mass is 249 g/mol. The number of allylic oxidation sites excluding steroid dienone is 1. The van der Waals surface area contributed by atoms with Gasteiger partial charge in [-0.1, -0.05) is 36.4 Å². The minimum Gasteiger partial charge on any atom is -0.323 e. The van der Waals surface area contributed by atoms with Gasteiger partial charge in [-0.25, -0.2) is 0 Å². The van der Waals surface area contributed by atoms with E-state index in [4.69, 9.17) is 0 Å². The third-order valence-corrected chi connectivity index (χ3v) is 3.38. The highest BCUT2D eigenvalue weighted by atomic mass is 16.1. The van der Waals surface area contributed by atoms with Crippen LogP contribution in [0.4, 0.5) is 5.69 Å². The van der Waals surface area contributed by atoms with Gasteiger partial charge in [0, 0.05) is 5.69 Å². The molecule has 0 fully saturated rings. The third-order valence-electron chi connectivity index (χ3n) is 3.38. The zero-order valence-electron chi connectivity index (χ0n) is 10.8. The van der Waals surface area contributed by atoms with Gasteiger partial charge in [0.15, 0.2) is 0 Å². The lowest BCUT2D eigenvalue weighted by Gasteiger charge is -2.05. The van der Waals surface area contributed by atoms with Crippen molar-refractivity contribution in [3.05, 3.63) is 65.7 Å². The first-order valence-corrected chi connectivity index (χ1v) is 6.43. The van der Waals surface area contributed by atoms with Crippen LogP contribution in [0.15, 0.2) is 54.6 Å². The van der Waals surface area contributed by atoms with Gasteiger partial charge in [0.25, 0.3) is 0 Å². The highest BCUT2D eigenvalue weighted by Crippen LogP contribution is 2.37. The van der Waals surface area contributed by atoms with E-state index in [-0.39, 0.29) is 5.91 Å². The minimum atomic E-state index is -0.0852. The molecule has 1 amide bonds. The average molecular weight is 249 g/mol. The number of carbonyl (C=O) groups is 1. The molecular weight excluding hydrogens is 234 g/mol. The summed E-state index contributed by atoms with van der Waals surface area (Å²) in [4.78, 5) is 11.5. The van der Waals surface area contributed by atoms with Gasteiger partial charge in [-0.2, -0.15) is 0 Å². The van der Waals surface area contributed by atoms with Crippen molar-refractivity contribution in [2.75, 3.05) is 5.32 Å². The highest BCUT2D eigenvalue weighted by Gasteiger charge is 2.17. The number of anilines is 1. The van der Waals surface area contributed by atoms with E-state index in [0.717, 1.165) is 12.1 Å². The summed E-state index contributed by atoms with van der Waals surface area (Å²) in [5.74, 6) is -0.0852. The van der Waals surface area contributed by atoms with E-state index in [1.54, 1.807) is 6.08 Å². The molecule has 2 aromatic carbocycles. The van der Waals surface area contributed by atoms with Crippen LogP contribution < -0.4 is 5.32 Å². The molecule has 1 N–H and O–H groups in total. The van der Waals surface area contributed by atoms with Gasteiger partial charge in [-0.15, -0.1) is 0 Å². The van der Waals surface area contributed by atoms with Crippen LogP contribution in [0.5, 0.6) is 0 Å². The summed E-state index contributed by atoms with van der Waals surface area (Å²) < 4.78 is 0. The molecule has 2 aromatic rings. The number of hydrogen-bond donors (Lipinski definition) is 1. The Kier molecular flexibility index (Phi) is 2.92. The molecule has 0 unspecified atom stereocenters. The van der Waals surface area contributed by atoms with Crippen molar-refractivity contribution in [1.29, 1.82) is 0 Å². The van der Waals surface area contributed by atoms with Crippen LogP contribution in [-0.2, 0) is 11.2 Å². The lowest BCUT2D eigenvalue weighted by Crippen LogP contribution is -2.07.